The van der Waals surface area contributed by atoms with Crippen LogP contribution < -0.4 is 0 Å². The lowest BCUT2D eigenvalue weighted by Crippen LogP contribution is -2.30. The molecule has 0 rings (SSSR count). The zero-order valence-electron chi connectivity index (χ0n) is 46.3. The van der Waals surface area contributed by atoms with Crippen LogP contribution in [0.3, 0.4) is 0 Å². The summed E-state index contributed by atoms with van der Waals surface area (Å²) in [7, 11) is 0. The van der Waals surface area contributed by atoms with E-state index in [2.05, 4.69) is 93.7 Å². The highest BCUT2D eigenvalue weighted by Crippen LogP contribution is 2.16. The maximum absolute atomic E-state index is 12.8. The molecule has 70 heavy (non-hydrogen) atoms. The van der Waals surface area contributed by atoms with Gasteiger partial charge in [0.15, 0.2) is 6.10 Å². The monoisotopic (exact) mass is 977 g/mol. The van der Waals surface area contributed by atoms with E-state index in [0.717, 1.165) is 109 Å². The number of esters is 3. The van der Waals surface area contributed by atoms with E-state index in [1.54, 1.807) is 0 Å². The lowest BCUT2D eigenvalue weighted by molar-refractivity contribution is -0.167. The molecule has 1 atom stereocenters. The minimum Gasteiger partial charge on any atom is -0.462 e. The topological polar surface area (TPSA) is 78.9 Å². The fraction of sp³-hybridized carbons (Fsp3) is 0.766. The van der Waals surface area contributed by atoms with Crippen molar-refractivity contribution in [2.45, 2.75) is 303 Å². The first kappa shape index (κ1) is 66.9. The Labute approximate surface area is 433 Å². The number of rotatable bonds is 54. The summed E-state index contributed by atoms with van der Waals surface area (Å²) in [6.45, 7) is 6.46. The Morgan fingerprint density at radius 1 is 0.300 bits per heavy atom. The molecule has 0 bridgehead atoms. The molecular formula is C64H112O6. The lowest BCUT2D eigenvalue weighted by Gasteiger charge is -2.18. The van der Waals surface area contributed by atoms with Crippen LogP contribution in [0, 0.1) is 0 Å². The van der Waals surface area contributed by atoms with Crippen molar-refractivity contribution in [1.82, 2.24) is 0 Å². The molecule has 0 fully saturated rings. The third-order valence-corrected chi connectivity index (χ3v) is 12.9. The quantitative estimate of drug-likeness (QED) is 0.0261. The molecule has 6 heteroatoms. The molecule has 0 amide bonds. The Morgan fingerprint density at radius 3 is 0.871 bits per heavy atom. The van der Waals surface area contributed by atoms with E-state index in [1.165, 1.54) is 148 Å². The largest absolute Gasteiger partial charge is 0.462 e. The Balaban J connectivity index is 4.01. The zero-order valence-corrected chi connectivity index (χ0v) is 46.3. The third kappa shape index (κ3) is 55.8. The van der Waals surface area contributed by atoms with Gasteiger partial charge in [-0.3, -0.25) is 14.4 Å². The molecular weight excluding hydrogens is 865 g/mol. The van der Waals surface area contributed by atoms with E-state index < -0.39 is 6.10 Å². The number of carbonyl (C=O) groups is 3. The fourth-order valence-electron chi connectivity index (χ4n) is 8.47. The van der Waals surface area contributed by atoms with Crippen LogP contribution in [0.25, 0.3) is 0 Å². The molecule has 0 aromatic heterocycles. The molecule has 0 saturated carbocycles. The van der Waals surface area contributed by atoms with Gasteiger partial charge in [0.2, 0.25) is 0 Å². The van der Waals surface area contributed by atoms with Crippen LogP contribution in [-0.4, -0.2) is 37.2 Å². The van der Waals surface area contributed by atoms with Crippen LogP contribution in [0.5, 0.6) is 0 Å². The van der Waals surface area contributed by atoms with Crippen molar-refractivity contribution in [1.29, 1.82) is 0 Å². The SMILES string of the molecule is CC/C=C\C/C=C\C/C=C\CCCCCCCC(=O)OC(COC(=O)CCCCCCCC)COC(=O)CCCCCCCCCCCCCCCCCC/C=C\C/C=C\C/C=C\CCCCCCC. The van der Waals surface area contributed by atoms with Crippen molar-refractivity contribution in [3.05, 3.63) is 72.9 Å². The van der Waals surface area contributed by atoms with Crippen molar-refractivity contribution < 1.29 is 28.6 Å². The molecule has 6 nitrogen and oxygen atoms in total. The Morgan fingerprint density at radius 2 is 0.557 bits per heavy atom. The first-order chi connectivity index (χ1) is 34.5. The molecule has 0 spiro atoms. The molecule has 0 saturated heterocycles. The molecule has 0 heterocycles. The van der Waals surface area contributed by atoms with Gasteiger partial charge in [-0.15, -0.1) is 0 Å². The predicted molar refractivity (Wildman–Crippen MR) is 302 cm³/mol. The van der Waals surface area contributed by atoms with E-state index in [9.17, 15) is 14.4 Å². The second-order valence-corrected chi connectivity index (χ2v) is 19.9. The van der Waals surface area contributed by atoms with Crippen molar-refractivity contribution in [2.24, 2.45) is 0 Å². The zero-order chi connectivity index (χ0) is 50.7. The number of ether oxygens (including phenoxy) is 3. The average molecular weight is 978 g/mol. The molecule has 0 aliphatic carbocycles. The molecule has 0 aromatic rings. The summed E-state index contributed by atoms with van der Waals surface area (Å²) in [4.78, 5) is 37.9. The second-order valence-electron chi connectivity index (χ2n) is 19.9. The van der Waals surface area contributed by atoms with Gasteiger partial charge in [-0.05, 0) is 89.9 Å². The highest BCUT2D eigenvalue weighted by atomic mass is 16.6. The average Bonchev–Trinajstić information content (AvgIpc) is 3.36. The Bertz CT molecular complexity index is 1310. The molecule has 0 aliphatic heterocycles. The van der Waals surface area contributed by atoms with E-state index in [0.29, 0.717) is 19.3 Å². The van der Waals surface area contributed by atoms with Crippen LogP contribution in [0.1, 0.15) is 297 Å². The lowest BCUT2D eigenvalue weighted by atomic mass is 10.0. The molecule has 404 valence electrons. The Kier molecular flexibility index (Phi) is 55.8. The minimum atomic E-state index is -0.780. The maximum atomic E-state index is 12.8. The van der Waals surface area contributed by atoms with Crippen LogP contribution >= 0.6 is 0 Å². The van der Waals surface area contributed by atoms with Gasteiger partial charge in [0, 0.05) is 19.3 Å². The standard InChI is InChI=1S/C64H112O6/c1-4-7-10-13-16-18-20-22-24-25-26-27-28-29-30-31-32-33-34-35-36-37-38-39-41-42-44-46-48-51-54-57-63(66)69-60-61(59-68-62(65)56-53-50-15-12-9-6-3)70-64(67)58-55-52-49-47-45-43-40-23-21-19-17-14-11-8-5-2/h8,11,17,19-20,22-23,25-26,28-29,40,61H,4-7,9-10,12-16,18,21,24,27,30-39,41-60H2,1-3H3/b11-8-,19-17-,22-20-,26-25-,29-28-,40-23-. The van der Waals surface area contributed by atoms with Gasteiger partial charge < -0.3 is 14.2 Å². The highest BCUT2D eigenvalue weighted by molar-refractivity contribution is 5.71. The first-order valence-electron chi connectivity index (χ1n) is 29.9. The number of unbranched alkanes of at least 4 members (excludes halogenated alkanes) is 31. The van der Waals surface area contributed by atoms with Gasteiger partial charge in [0.05, 0.1) is 0 Å². The number of carbonyl (C=O) groups excluding carboxylic acids is 3. The summed E-state index contributed by atoms with van der Waals surface area (Å²) in [6.07, 6.45) is 75.2. The normalized spacial score (nSPS) is 12.6. The van der Waals surface area contributed by atoms with E-state index in [1.807, 2.05) is 0 Å². The molecule has 1 unspecified atom stereocenters. The van der Waals surface area contributed by atoms with Crippen molar-refractivity contribution in [3.8, 4) is 0 Å². The summed E-state index contributed by atoms with van der Waals surface area (Å²) < 4.78 is 16.7. The first-order valence-corrected chi connectivity index (χ1v) is 29.9. The number of hydrogen-bond acceptors (Lipinski definition) is 6. The minimum absolute atomic E-state index is 0.0804. The van der Waals surface area contributed by atoms with Gasteiger partial charge in [-0.25, -0.2) is 0 Å². The Hall–Kier alpha value is -3.15. The third-order valence-electron chi connectivity index (χ3n) is 12.9. The summed E-state index contributed by atoms with van der Waals surface area (Å²) in [5, 5.41) is 0. The summed E-state index contributed by atoms with van der Waals surface area (Å²) in [5.74, 6) is -0.900. The second kappa shape index (κ2) is 58.4. The smallest absolute Gasteiger partial charge is 0.306 e. The summed E-state index contributed by atoms with van der Waals surface area (Å²) in [5.41, 5.74) is 0. The van der Waals surface area contributed by atoms with Gasteiger partial charge in [-0.2, -0.15) is 0 Å². The molecule has 0 N–H and O–H groups in total. The van der Waals surface area contributed by atoms with Crippen LogP contribution in [0.15, 0.2) is 72.9 Å². The molecule has 0 radical (unpaired) electrons. The number of hydrogen-bond donors (Lipinski definition) is 0. The maximum Gasteiger partial charge on any atom is 0.306 e. The van der Waals surface area contributed by atoms with Gasteiger partial charge in [0.25, 0.3) is 0 Å². The van der Waals surface area contributed by atoms with Gasteiger partial charge >= 0.3 is 17.9 Å². The molecule has 0 aromatic carbocycles. The summed E-state index contributed by atoms with van der Waals surface area (Å²) in [6, 6.07) is 0. The van der Waals surface area contributed by atoms with E-state index in [4.69, 9.17) is 14.2 Å². The van der Waals surface area contributed by atoms with Crippen molar-refractivity contribution >= 4 is 17.9 Å². The van der Waals surface area contributed by atoms with E-state index >= 15 is 0 Å². The highest BCUT2D eigenvalue weighted by Gasteiger charge is 2.19. The van der Waals surface area contributed by atoms with Gasteiger partial charge in [0.1, 0.15) is 13.2 Å². The predicted octanol–water partition coefficient (Wildman–Crippen LogP) is 20.2. The van der Waals surface area contributed by atoms with Crippen molar-refractivity contribution in [2.75, 3.05) is 13.2 Å². The van der Waals surface area contributed by atoms with E-state index in [-0.39, 0.29) is 31.1 Å². The fourth-order valence-corrected chi connectivity index (χ4v) is 8.47. The van der Waals surface area contributed by atoms with Crippen LogP contribution in [-0.2, 0) is 28.6 Å². The molecule has 0 aliphatic rings. The number of allylic oxidation sites excluding steroid dienone is 12. The summed E-state index contributed by atoms with van der Waals surface area (Å²) >= 11 is 0. The van der Waals surface area contributed by atoms with Crippen molar-refractivity contribution in [3.63, 3.8) is 0 Å². The van der Waals surface area contributed by atoms with Gasteiger partial charge in [-0.1, -0.05) is 261 Å². The van der Waals surface area contributed by atoms with Crippen LogP contribution in [0.4, 0.5) is 0 Å². The van der Waals surface area contributed by atoms with Crippen LogP contribution in [0.2, 0.25) is 0 Å².